The second kappa shape index (κ2) is 4.35. The zero-order valence-corrected chi connectivity index (χ0v) is 11.3. The second-order valence-electron chi connectivity index (χ2n) is 4.87. The molecule has 3 nitrogen and oxygen atoms in total. The standard InChI is InChI=1S/C14H17N3S/c1-18-11-5-3-10(4-6-11)14(7-2-8-14)12-9-13(15)17-16-12/h3-6,9H,2,7-8H2,1H3,(H3,15,16,17). The number of nitrogens with two attached hydrogens (primary N) is 1. The van der Waals surface area contributed by atoms with E-state index in [-0.39, 0.29) is 5.41 Å². The molecule has 1 fully saturated rings. The van der Waals surface area contributed by atoms with E-state index in [2.05, 4.69) is 40.7 Å². The van der Waals surface area contributed by atoms with Gasteiger partial charge in [-0.15, -0.1) is 11.8 Å². The summed E-state index contributed by atoms with van der Waals surface area (Å²) in [6.45, 7) is 0. The number of H-pyrrole nitrogens is 1. The molecule has 0 spiro atoms. The Morgan fingerprint density at radius 2 is 2.00 bits per heavy atom. The van der Waals surface area contributed by atoms with E-state index < -0.39 is 0 Å². The van der Waals surface area contributed by atoms with Gasteiger partial charge in [0.2, 0.25) is 0 Å². The summed E-state index contributed by atoms with van der Waals surface area (Å²) >= 11 is 1.77. The lowest BCUT2D eigenvalue weighted by atomic mass is 9.62. The topological polar surface area (TPSA) is 54.7 Å². The van der Waals surface area contributed by atoms with Crippen molar-refractivity contribution in [1.29, 1.82) is 0 Å². The van der Waals surface area contributed by atoms with Crippen LogP contribution in [0.3, 0.4) is 0 Å². The van der Waals surface area contributed by atoms with Crippen LogP contribution in [0.1, 0.15) is 30.5 Å². The zero-order chi connectivity index (χ0) is 12.6. The van der Waals surface area contributed by atoms with E-state index >= 15 is 0 Å². The Morgan fingerprint density at radius 1 is 1.28 bits per heavy atom. The Morgan fingerprint density at radius 3 is 2.44 bits per heavy atom. The molecule has 0 radical (unpaired) electrons. The number of aromatic nitrogens is 2. The molecule has 94 valence electrons. The number of hydrogen-bond acceptors (Lipinski definition) is 3. The first-order chi connectivity index (χ1) is 8.74. The lowest BCUT2D eigenvalue weighted by Crippen LogP contribution is -2.35. The van der Waals surface area contributed by atoms with Crippen molar-refractivity contribution in [2.24, 2.45) is 0 Å². The maximum absolute atomic E-state index is 5.73. The molecular weight excluding hydrogens is 242 g/mol. The number of nitrogens with one attached hydrogen (secondary N) is 1. The zero-order valence-electron chi connectivity index (χ0n) is 10.4. The minimum absolute atomic E-state index is 0.113. The van der Waals surface area contributed by atoms with Crippen LogP contribution in [0, 0.1) is 0 Å². The molecule has 1 aromatic heterocycles. The minimum Gasteiger partial charge on any atom is -0.382 e. The van der Waals surface area contributed by atoms with Gasteiger partial charge in [0.05, 0.1) is 0 Å². The van der Waals surface area contributed by atoms with Gasteiger partial charge in [0.1, 0.15) is 5.82 Å². The monoisotopic (exact) mass is 259 g/mol. The quantitative estimate of drug-likeness (QED) is 0.832. The minimum atomic E-state index is 0.113. The molecule has 0 atom stereocenters. The van der Waals surface area contributed by atoms with Crippen LogP contribution in [0.15, 0.2) is 35.2 Å². The highest BCUT2D eigenvalue weighted by atomic mass is 32.2. The van der Waals surface area contributed by atoms with E-state index in [1.807, 2.05) is 6.07 Å². The van der Waals surface area contributed by atoms with Gasteiger partial charge in [0, 0.05) is 22.1 Å². The molecule has 0 unspecified atom stereocenters. The van der Waals surface area contributed by atoms with Crippen LogP contribution in [0.5, 0.6) is 0 Å². The van der Waals surface area contributed by atoms with Crippen molar-refractivity contribution in [3.8, 4) is 0 Å². The number of benzene rings is 1. The summed E-state index contributed by atoms with van der Waals surface area (Å²) in [4.78, 5) is 1.30. The first kappa shape index (κ1) is 11.7. The van der Waals surface area contributed by atoms with Crippen molar-refractivity contribution in [2.75, 3.05) is 12.0 Å². The van der Waals surface area contributed by atoms with Crippen molar-refractivity contribution in [1.82, 2.24) is 10.2 Å². The molecule has 1 aromatic carbocycles. The summed E-state index contributed by atoms with van der Waals surface area (Å²) in [5.74, 6) is 0.581. The molecule has 1 saturated carbocycles. The number of nitrogens with zero attached hydrogens (tertiary/aromatic N) is 1. The molecule has 3 rings (SSSR count). The molecular formula is C14H17N3S. The number of aromatic amines is 1. The van der Waals surface area contributed by atoms with Crippen LogP contribution in [-0.2, 0) is 5.41 Å². The van der Waals surface area contributed by atoms with Crippen molar-refractivity contribution in [3.05, 3.63) is 41.6 Å². The first-order valence-electron chi connectivity index (χ1n) is 6.20. The lowest BCUT2D eigenvalue weighted by Gasteiger charge is -2.41. The highest BCUT2D eigenvalue weighted by molar-refractivity contribution is 7.98. The summed E-state index contributed by atoms with van der Waals surface area (Å²) in [5.41, 5.74) is 8.37. The van der Waals surface area contributed by atoms with Crippen molar-refractivity contribution in [2.45, 2.75) is 29.6 Å². The van der Waals surface area contributed by atoms with Gasteiger partial charge in [0.15, 0.2) is 0 Å². The number of thioether (sulfide) groups is 1. The van der Waals surface area contributed by atoms with Crippen LogP contribution in [0.4, 0.5) is 5.82 Å². The molecule has 0 aliphatic heterocycles. The van der Waals surface area contributed by atoms with Crippen molar-refractivity contribution >= 4 is 17.6 Å². The second-order valence-corrected chi connectivity index (χ2v) is 5.75. The Balaban J connectivity index is 2.00. The highest BCUT2D eigenvalue weighted by Crippen LogP contribution is 2.48. The number of rotatable bonds is 3. The van der Waals surface area contributed by atoms with Gasteiger partial charge in [0.25, 0.3) is 0 Å². The summed E-state index contributed by atoms with van der Waals surface area (Å²) in [6.07, 6.45) is 5.72. The fraction of sp³-hybridized carbons (Fsp3) is 0.357. The van der Waals surface area contributed by atoms with Crippen LogP contribution in [0.25, 0.3) is 0 Å². The Labute approximate surface area is 111 Å². The first-order valence-corrected chi connectivity index (χ1v) is 7.43. The SMILES string of the molecule is CSc1ccc(C2(c3cc(N)n[nH]3)CCC2)cc1. The van der Waals surface area contributed by atoms with Crippen molar-refractivity contribution in [3.63, 3.8) is 0 Å². The number of hydrogen-bond donors (Lipinski definition) is 2. The van der Waals surface area contributed by atoms with Crippen molar-refractivity contribution < 1.29 is 0 Å². The van der Waals surface area contributed by atoms with E-state index in [1.165, 1.54) is 29.7 Å². The summed E-state index contributed by atoms with van der Waals surface area (Å²) in [7, 11) is 0. The van der Waals surface area contributed by atoms with E-state index in [0.29, 0.717) is 5.82 Å². The van der Waals surface area contributed by atoms with Crippen LogP contribution < -0.4 is 5.73 Å². The summed E-state index contributed by atoms with van der Waals surface area (Å²) in [6, 6.07) is 10.8. The Kier molecular flexibility index (Phi) is 2.82. The van der Waals surface area contributed by atoms with Gasteiger partial charge < -0.3 is 5.73 Å². The maximum Gasteiger partial charge on any atom is 0.145 e. The molecule has 4 heteroatoms. The number of nitrogen functional groups attached to an aromatic ring is 1. The molecule has 0 saturated heterocycles. The Bertz CT molecular complexity index is 540. The van der Waals surface area contributed by atoms with Crippen LogP contribution in [0.2, 0.25) is 0 Å². The summed E-state index contributed by atoms with van der Waals surface area (Å²) in [5, 5.41) is 7.17. The molecule has 3 N–H and O–H groups in total. The van der Waals surface area contributed by atoms with Crippen LogP contribution in [-0.4, -0.2) is 16.5 Å². The molecule has 0 amide bonds. The third-order valence-electron chi connectivity index (χ3n) is 3.96. The van der Waals surface area contributed by atoms with Gasteiger partial charge >= 0.3 is 0 Å². The highest BCUT2D eigenvalue weighted by Gasteiger charge is 2.41. The molecule has 1 aliphatic carbocycles. The van der Waals surface area contributed by atoms with E-state index in [0.717, 1.165) is 5.69 Å². The van der Waals surface area contributed by atoms with Gasteiger partial charge in [-0.3, -0.25) is 5.10 Å². The fourth-order valence-corrected chi connectivity index (χ4v) is 3.14. The maximum atomic E-state index is 5.73. The molecule has 0 bridgehead atoms. The average Bonchev–Trinajstić information content (AvgIpc) is 2.76. The third-order valence-corrected chi connectivity index (χ3v) is 4.71. The van der Waals surface area contributed by atoms with Gasteiger partial charge in [-0.25, -0.2) is 0 Å². The predicted octanol–water partition coefficient (Wildman–Crippen LogP) is 3.18. The smallest absolute Gasteiger partial charge is 0.145 e. The average molecular weight is 259 g/mol. The summed E-state index contributed by atoms with van der Waals surface area (Å²) < 4.78 is 0. The third kappa shape index (κ3) is 1.72. The molecule has 2 aromatic rings. The van der Waals surface area contributed by atoms with Gasteiger partial charge in [-0.05, 0) is 36.8 Å². The molecule has 1 aliphatic rings. The largest absolute Gasteiger partial charge is 0.382 e. The Hall–Kier alpha value is -1.42. The van der Waals surface area contributed by atoms with E-state index in [1.54, 1.807) is 11.8 Å². The van der Waals surface area contributed by atoms with Gasteiger partial charge in [-0.1, -0.05) is 18.6 Å². The van der Waals surface area contributed by atoms with Crippen LogP contribution >= 0.6 is 11.8 Å². The van der Waals surface area contributed by atoms with Gasteiger partial charge in [-0.2, -0.15) is 5.10 Å². The van der Waals surface area contributed by atoms with E-state index in [9.17, 15) is 0 Å². The normalized spacial score (nSPS) is 17.4. The molecule has 1 heterocycles. The molecule has 18 heavy (non-hydrogen) atoms. The predicted molar refractivity (Wildman–Crippen MR) is 75.9 cm³/mol. The fourth-order valence-electron chi connectivity index (χ4n) is 2.74. The lowest BCUT2D eigenvalue weighted by molar-refractivity contribution is 0.293. The van der Waals surface area contributed by atoms with E-state index in [4.69, 9.17) is 5.73 Å². The number of anilines is 1.